The zero-order chi connectivity index (χ0) is 13.5. The Morgan fingerprint density at radius 3 is 2.78 bits per heavy atom. The number of hydrogen-bond acceptors (Lipinski definition) is 3. The fraction of sp³-hybridized carbons (Fsp3) is 0.308. The van der Waals surface area contributed by atoms with E-state index in [-0.39, 0.29) is 6.61 Å². The maximum Gasteiger partial charge on any atom is 0.345 e. The molecule has 0 heterocycles. The quantitative estimate of drug-likeness (QED) is 0.629. The molecule has 0 bridgehead atoms. The number of benzene rings is 1. The van der Waals surface area contributed by atoms with Crippen LogP contribution in [-0.4, -0.2) is 18.7 Å². The lowest BCUT2D eigenvalue weighted by molar-refractivity contribution is -0.148. The summed E-state index contributed by atoms with van der Waals surface area (Å²) in [4.78, 5) is 11.4. The minimum absolute atomic E-state index is 0.225. The molecule has 0 saturated carbocycles. The molecule has 0 unspecified atom stereocenters. The van der Waals surface area contributed by atoms with Gasteiger partial charge in [0, 0.05) is 5.02 Å². The first-order valence-electron chi connectivity index (χ1n) is 5.22. The van der Waals surface area contributed by atoms with Crippen LogP contribution in [0.1, 0.15) is 13.8 Å². The van der Waals surface area contributed by atoms with Gasteiger partial charge in [-0.05, 0) is 32.0 Å². The highest BCUT2D eigenvalue weighted by molar-refractivity contribution is 6.35. The van der Waals surface area contributed by atoms with Crippen molar-refractivity contribution >= 4 is 29.2 Å². The standard InChI is InChI=1S/C13H12Cl2O3/c1-3-4-9(2)18-13(16)8-17-12-6-5-10(14)7-11(12)15/h5-7,9H,8H2,1-2H3/t9-/m1/s1. The molecule has 5 heteroatoms. The molecule has 0 amide bonds. The monoisotopic (exact) mass is 286 g/mol. The normalized spacial score (nSPS) is 11.1. The molecule has 1 aromatic rings. The van der Waals surface area contributed by atoms with E-state index < -0.39 is 12.1 Å². The third kappa shape index (κ3) is 4.87. The van der Waals surface area contributed by atoms with Crippen molar-refractivity contribution in [3.63, 3.8) is 0 Å². The summed E-state index contributed by atoms with van der Waals surface area (Å²) in [6.45, 7) is 3.13. The van der Waals surface area contributed by atoms with Crippen LogP contribution in [0.15, 0.2) is 18.2 Å². The first kappa shape index (κ1) is 14.7. The predicted octanol–water partition coefficient (Wildman–Crippen LogP) is 3.33. The summed E-state index contributed by atoms with van der Waals surface area (Å²) in [6, 6.07) is 4.75. The number of esters is 1. The molecular weight excluding hydrogens is 275 g/mol. The Bertz CT molecular complexity index is 489. The second-order valence-electron chi connectivity index (χ2n) is 3.39. The Morgan fingerprint density at radius 2 is 2.17 bits per heavy atom. The van der Waals surface area contributed by atoms with E-state index in [9.17, 15) is 4.79 Å². The SMILES string of the molecule is CC#C[C@@H](C)OC(=O)COc1ccc(Cl)cc1Cl. The minimum atomic E-state index is -0.503. The third-order valence-corrected chi connectivity index (χ3v) is 2.43. The Kier molecular flexibility index (Phi) is 5.84. The lowest BCUT2D eigenvalue weighted by Crippen LogP contribution is -2.19. The molecule has 3 nitrogen and oxygen atoms in total. The average molecular weight is 287 g/mol. The summed E-state index contributed by atoms with van der Waals surface area (Å²) in [7, 11) is 0. The predicted molar refractivity (Wildman–Crippen MR) is 71.0 cm³/mol. The van der Waals surface area contributed by atoms with E-state index in [0.29, 0.717) is 15.8 Å². The molecule has 0 fully saturated rings. The second kappa shape index (κ2) is 7.15. The van der Waals surface area contributed by atoms with E-state index in [1.165, 1.54) is 6.07 Å². The number of halogens is 2. The third-order valence-electron chi connectivity index (χ3n) is 1.90. The lowest BCUT2D eigenvalue weighted by atomic mass is 10.3. The van der Waals surface area contributed by atoms with Crippen molar-refractivity contribution in [3.05, 3.63) is 28.2 Å². The van der Waals surface area contributed by atoms with E-state index in [1.54, 1.807) is 26.0 Å². The van der Waals surface area contributed by atoms with Gasteiger partial charge in [0.25, 0.3) is 0 Å². The molecule has 0 aliphatic heterocycles. The highest BCUT2D eigenvalue weighted by Crippen LogP contribution is 2.27. The molecule has 0 radical (unpaired) electrons. The fourth-order valence-electron chi connectivity index (χ4n) is 1.19. The van der Waals surface area contributed by atoms with Crippen molar-refractivity contribution in [3.8, 4) is 17.6 Å². The summed E-state index contributed by atoms with van der Waals surface area (Å²) >= 11 is 11.6. The van der Waals surface area contributed by atoms with Crippen LogP contribution in [0.4, 0.5) is 0 Å². The molecule has 1 atom stereocenters. The van der Waals surface area contributed by atoms with Crippen LogP contribution in [0.3, 0.4) is 0 Å². The van der Waals surface area contributed by atoms with Crippen LogP contribution in [0.25, 0.3) is 0 Å². The van der Waals surface area contributed by atoms with Gasteiger partial charge in [-0.25, -0.2) is 4.79 Å². The topological polar surface area (TPSA) is 35.5 Å². The summed E-state index contributed by atoms with van der Waals surface area (Å²) < 4.78 is 10.2. The van der Waals surface area contributed by atoms with Gasteiger partial charge in [0.15, 0.2) is 12.7 Å². The van der Waals surface area contributed by atoms with Gasteiger partial charge in [-0.1, -0.05) is 29.1 Å². The van der Waals surface area contributed by atoms with E-state index in [1.807, 2.05) is 0 Å². The maximum absolute atomic E-state index is 11.4. The molecule has 0 spiro atoms. The Morgan fingerprint density at radius 1 is 1.44 bits per heavy atom. The van der Waals surface area contributed by atoms with Crippen LogP contribution in [-0.2, 0) is 9.53 Å². The van der Waals surface area contributed by atoms with Crippen molar-refractivity contribution in [2.45, 2.75) is 20.0 Å². The summed E-state index contributed by atoms with van der Waals surface area (Å²) in [5, 5.41) is 0.846. The zero-order valence-corrected chi connectivity index (χ0v) is 11.5. The highest BCUT2D eigenvalue weighted by Gasteiger charge is 2.09. The number of carbonyl (C=O) groups is 1. The smallest absolute Gasteiger partial charge is 0.345 e. The Balaban J connectivity index is 2.49. The highest BCUT2D eigenvalue weighted by atomic mass is 35.5. The molecule has 1 rings (SSSR count). The Labute approximate surface area is 116 Å². The number of ether oxygens (including phenoxy) is 2. The number of rotatable bonds is 4. The van der Waals surface area contributed by atoms with E-state index in [4.69, 9.17) is 32.7 Å². The lowest BCUT2D eigenvalue weighted by Gasteiger charge is -2.09. The van der Waals surface area contributed by atoms with Crippen LogP contribution >= 0.6 is 23.2 Å². The average Bonchev–Trinajstić information content (AvgIpc) is 2.28. The summed E-state index contributed by atoms with van der Waals surface area (Å²) in [6.07, 6.45) is -0.452. The molecule has 0 aliphatic rings. The van der Waals surface area contributed by atoms with Crippen LogP contribution < -0.4 is 4.74 Å². The largest absolute Gasteiger partial charge is 0.480 e. The van der Waals surface area contributed by atoms with E-state index in [2.05, 4.69) is 11.8 Å². The number of carbonyl (C=O) groups excluding carboxylic acids is 1. The van der Waals surface area contributed by atoms with Gasteiger partial charge >= 0.3 is 5.97 Å². The molecule has 0 aromatic heterocycles. The fourth-order valence-corrected chi connectivity index (χ4v) is 1.66. The van der Waals surface area contributed by atoms with Crippen molar-refractivity contribution < 1.29 is 14.3 Å². The molecular formula is C13H12Cl2O3. The van der Waals surface area contributed by atoms with E-state index in [0.717, 1.165) is 0 Å². The first-order valence-corrected chi connectivity index (χ1v) is 5.98. The van der Waals surface area contributed by atoms with Crippen molar-refractivity contribution in [1.29, 1.82) is 0 Å². The van der Waals surface area contributed by atoms with Gasteiger partial charge in [-0.3, -0.25) is 0 Å². The van der Waals surface area contributed by atoms with Gasteiger partial charge in [0.2, 0.25) is 0 Å². The second-order valence-corrected chi connectivity index (χ2v) is 4.23. The van der Waals surface area contributed by atoms with Gasteiger partial charge < -0.3 is 9.47 Å². The summed E-state index contributed by atoms with van der Waals surface area (Å²) in [5.74, 6) is 5.24. The van der Waals surface area contributed by atoms with E-state index >= 15 is 0 Å². The molecule has 1 aromatic carbocycles. The van der Waals surface area contributed by atoms with Crippen LogP contribution in [0.2, 0.25) is 10.0 Å². The maximum atomic E-state index is 11.4. The minimum Gasteiger partial charge on any atom is -0.480 e. The molecule has 0 saturated heterocycles. The van der Waals surface area contributed by atoms with Crippen LogP contribution in [0, 0.1) is 11.8 Å². The molecule has 18 heavy (non-hydrogen) atoms. The summed E-state index contributed by atoms with van der Waals surface area (Å²) in [5.41, 5.74) is 0. The number of hydrogen-bond donors (Lipinski definition) is 0. The molecule has 96 valence electrons. The molecule has 0 aliphatic carbocycles. The van der Waals surface area contributed by atoms with Crippen molar-refractivity contribution in [2.24, 2.45) is 0 Å². The van der Waals surface area contributed by atoms with Gasteiger partial charge in [-0.2, -0.15) is 0 Å². The van der Waals surface area contributed by atoms with Gasteiger partial charge in [-0.15, -0.1) is 5.92 Å². The Hall–Kier alpha value is -1.37. The van der Waals surface area contributed by atoms with Crippen molar-refractivity contribution in [1.82, 2.24) is 0 Å². The van der Waals surface area contributed by atoms with Crippen LogP contribution in [0.5, 0.6) is 5.75 Å². The zero-order valence-electron chi connectivity index (χ0n) is 10.00. The van der Waals surface area contributed by atoms with Gasteiger partial charge in [0.05, 0.1) is 5.02 Å². The van der Waals surface area contributed by atoms with Crippen molar-refractivity contribution in [2.75, 3.05) is 6.61 Å². The first-order chi connectivity index (χ1) is 8.52. The molecule has 0 N–H and O–H groups in total. The van der Waals surface area contributed by atoms with Gasteiger partial charge in [0.1, 0.15) is 5.75 Å².